The van der Waals surface area contributed by atoms with Gasteiger partial charge in [-0.2, -0.15) is 9.97 Å². The number of aromatic nitrogens is 4. The number of imidazole rings is 1. The van der Waals surface area contributed by atoms with Gasteiger partial charge in [-0.1, -0.05) is 13.8 Å². The number of hydrogen-bond donors (Lipinski definition) is 5. The average molecular weight is 542 g/mol. The van der Waals surface area contributed by atoms with E-state index < -0.39 is 38.3 Å². The maximum atomic E-state index is 11.3. The number of nitrogens with one attached hydrogen (secondary N) is 1. The monoisotopic (exact) mass is 541 g/mol. The second-order valence-electron chi connectivity index (χ2n) is 12.4. The molecule has 0 spiro atoms. The van der Waals surface area contributed by atoms with E-state index in [1.165, 1.54) is 30.2 Å². The number of aliphatic hydroxyl groups excluding tert-OH is 2. The number of hydrogen-bond acceptors (Lipinski definition) is 8. The highest BCUT2D eigenvalue weighted by atomic mass is 35.5. The second kappa shape index (κ2) is 8.09. The Bertz CT molecular complexity index is 1240. The zero-order valence-corrected chi connectivity index (χ0v) is 22.0. The molecule has 4 bridgehead atoms. The Hall–Kier alpha value is -1.33. The molecule has 1 aliphatic heterocycles. The first kappa shape index (κ1) is 25.0. The fourth-order valence-corrected chi connectivity index (χ4v) is 9.25. The SMILES string of the molecule is C[C@]12C[C@@H]3C[C@](C)(C1)C[C@@](Nc1nc(Cl)nc4c1ncn4C1OC(CCP(=O)(O)O)C(O)C1O)(C3)C2. The molecular formula is C23H33ClN5O6P. The molecule has 3 heterocycles. The van der Waals surface area contributed by atoms with Crippen LogP contribution in [0.5, 0.6) is 0 Å². The zero-order chi connectivity index (χ0) is 25.7. The fourth-order valence-electron chi connectivity index (χ4n) is 8.49. The van der Waals surface area contributed by atoms with Crippen LogP contribution in [0.1, 0.15) is 65.0 Å². The van der Waals surface area contributed by atoms with E-state index >= 15 is 0 Å². The van der Waals surface area contributed by atoms with E-state index in [1.807, 2.05) is 0 Å². The lowest BCUT2D eigenvalue weighted by atomic mass is 9.43. The van der Waals surface area contributed by atoms with E-state index in [-0.39, 0.29) is 17.2 Å². The van der Waals surface area contributed by atoms with Crippen LogP contribution in [-0.2, 0) is 9.30 Å². The molecule has 5 N–H and O–H groups in total. The highest BCUT2D eigenvalue weighted by molar-refractivity contribution is 7.51. The molecule has 0 aromatic carbocycles. The molecule has 11 nitrogen and oxygen atoms in total. The van der Waals surface area contributed by atoms with Crippen molar-refractivity contribution in [2.45, 2.75) is 88.9 Å². The molecule has 1 saturated heterocycles. The summed E-state index contributed by atoms with van der Waals surface area (Å²) in [5.74, 6) is 1.23. The summed E-state index contributed by atoms with van der Waals surface area (Å²) in [5.41, 5.74) is 1.36. The van der Waals surface area contributed by atoms with Crippen LogP contribution in [0.2, 0.25) is 5.28 Å². The molecule has 4 saturated carbocycles. The van der Waals surface area contributed by atoms with Crippen LogP contribution in [0.25, 0.3) is 11.2 Å². The Morgan fingerprint density at radius 3 is 2.47 bits per heavy atom. The van der Waals surface area contributed by atoms with Gasteiger partial charge in [-0.25, -0.2) is 4.98 Å². The Balaban J connectivity index is 1.31. The minimum absolute atomic E-state index is 0.0278. The topological polar surface area (TPSA) is 163 Å². The van der Waals surface area contributed by atoms with Crippen LogP contribution in [0, 0.1) is 16.7 Å². The van der Waals surface area contributed by atoms with Crippen molar-refractivity contribution < 1.29 is 29.3 Å². The third kappa shape index (κ3) is 4.26. The number of aliphatic hydroxyl groups is 2. The van der Waals surface area contributed by atoms with E-state index in [0.29, 0.717) is 33.7 Å². The molecule has 7 rings (SSSR count). The van der Waals surface area contributed by atoms with Gasteiger partial charge in [0.25, 0.3) is 0 Å². The first-order valence-electron chi connectivity index (χ1n) is 12.5. The van der Waals surface area contributed by atoms with E-state index in [0.717, 1.165) is 19.3 Å². The Labute approximate surface area is 213 Å². The van der Waals surface area contributed by atoms with Gasteiger partial charge in [0.05, 0.1) is 18.6 Å². The molecule has 2 aromatic rings. The van der Waals surface area contributed by atoms with E-state index in [1.54, 1.807) is 0 Å². The number of fused-ring (bicyclic) bond motifs is 1. The lowest BCUT2D eigenvalue weighted by molar-refractivity contribution is -0.0973. The summed E-state index contributed by atoms with van der Waals surface area (Å²) in [6.07, 6.45) is 3.26. The number of anilines is 1. The van der Waals surface area contributed by atoms with Gasteiger partial charge in [-0.15, -0.1) is 0 Å². The molecule has 0 radical (unpaired) electrons. The van der Waals surface area contributed by atoms with Crippen molar-refractivity contribution in [1.29, 1.82) is 0 Å². The molecule has 4 aliphatic carbocycles. The van der Waals surface area contributed by atoms with Crippen LogP contribution in [0.4, 0.5) is 5.82 Å². The highest BCUT2D eigenvalue weighted by Crippen LogP contribution is 2.67. The number of ether oxygens (including phenoxy) is 1. The van der Waals surface area contributed by atoms with Gasteiger partial charge in [0.15, 0.2) is 23.2 Å². The van der Waals surface area contributed by atoms with E-state index in [2.05, 4.69) is 34.1 Å². The minimum atomic E-state index is -4.27. The van der Waals surface area contributed by atoms with Crippen molar-refractivity contribution in [3.8, 4) is 0 Å². The van der Waals surface area contributed by atoms with Crippen LogP contribution in [0.3, 0.4) is 0 Å². The normalized spacial score (nSPS) is 41.9. The third-order valence-electron chi connectivity index (χ3n) is 8.72. The lowest BCUT2D eigenvalue weighted by Crippen LogP contribution is -2.61. The summed E-state index contributed by atoms with van der Waals surface area (Å²) < 4.78 is 18.6. The Morgan fingerprint density at radius 2 is 1.83 bits per heavy atom. The van der Waals surface area contributed by atoms with E-state index in [4.69, 9.17) is 16.3 Å². The van der Waals surface area contributed by atoms with Gasteiger partial charge in [0.1, 0.15) is 12.2 Å². The van der Waals surface area contributed by atoms with Gasteiger partial charge >= 0.3 is 7.60 Å². The first-order valence-corrected chi connectivity index (χ1v) is 14.7. The Kier molecular flexibility index (Phi) is 5.61. The molecule has 0 amide bonds. The van der Waals surface area contributed by atoms with Crippen LogP contribution < -0.4 is 5.32 Å². The van der Waals surface area contributed by atoms with Crippen molar-refractivity contribution in [2.24, 2.45) is 16.7 Å². The standard InChI is InChI=1S/C23H33ClN5O6P/c1-21-5-12-6-22(2,8-21)10-23(7-12,9-21)28-17-14-18(27-20(24)26-17)29(11-25-14)19-16(31)15(30)13(35-19)3-4-36(32,33)34/h11-13,15-16,19,30-31H,3-10H2,1-2H3,(H,26,27,28)(H2,32,33,34)/t12-,13?,15?,16?,19?,21+,22-,23-. The smallest absolute Gasteiger partial charge is 0.325 e. The number of halogens is 1. The molecule has 13 heteroatoms. The van der Waals surface area contributed by atoms with Crippen molar-refractivity contribution in [2.75, 3.05) is 11.5 Å². The molecule has 2 aromatic heterocycles. The summed E-state index contributed by atoms with van der Waals surface area (Å²) in [7, 11) is -4.27. The highest BCUT2D eigenvalue weighted by Gasteiger charge is 2.60. The molecule has 198 valence electrons. The zero-order valence-electron chi connectivity index (χ0n) is 20.3. The van der Waals surface area contributed by atoms with Gasteiger partial charge in [-0.05, 0) is 73.3 Å². The quantitative estimate of drug-likeness (QED) is 0.271. The first-order chi connectivity index (χ1) is 16.8. The van der Waals surface area contributed by atoms with Gasteiger partial charge in [-0.3, -0.25) is 9.13 Å². The van der Waals surface area contributed by atoms with Crippen molar-refractivity contribution in [1.82, 2.24) is 19.5 Å². The molecule has 36 heavy (non-hydrogen) atoms. The fraction of sp³-hybridized carbons (Fsp3) is 0.783. The van der Waals surface area contributed by atoms with Crippen molar-refractivity contribution in [3.05, 3.63) is 11.6 Å². The molecule has 5 fully saturated rings. The van der Waals surface area contributed by atoms with Crippen molar-refractivity contribution >= 4 is 36.2 Å². The summed E-state index contributed by atoms with van der Waals surface area (Å²) in [6.45, 7) is 4.80. The van der Waals surface area contributed by atoms with Crippen LogP contribution in [0.15, 0.2) is 6.33 Å². The maximum Gasteiger partial charge on any atom is 0.325 e. The maximum absolute atomic E-state index is 11.3. The predicted octanol–water partition coefficient (Wildman–Crippen LogP) is 2.83. The van der Waals surface area contributed by atoms with Gasteiger partial charge in [0, 0.05) is 5.54 Å². The molecule has 5 aliphatic rings. The lowest BCUT2D eigenvalue weighted by Gasteiger charge is -2.65. The second-order valence-corrected chi connectivity index (χ2v) is 14.5. The van der Waals surface area contributed by atoms with Crippen molar-refractivity contribution in [3.63, 3.8) is 0 Å². The number of rotatable bonds is 6. The molecule has 4 unspecified atom stereocenters. The average Bonchev–Trinajstić information content (AvgIpc) is 3.24. The largest absolute Gasteiger partial charge is 0.388 e. The summed E-state index contributed by atoms with van der Waals surface area (Å²) in [4.78, 5) is 31.7. The molecular weight excluding hydrogens is 509 g/mol. The minimum Gasteiger partial charge on any atom is -0.388 e. The summed E-state index contributed by atoms with van der Waals surface area (Å²) >= 11 is 6.35. The summed E-state index contributed by atoms with van der Waals surface area (Å²) in [5, 5.41) is 24.9. The van der Waals surface area contributed by atoms with Gasteiger partial charge < -0.3 is 30.1 Å². The van der Waals surface area contributed by atoms with Crippen LogP contribution >= 0.6 is 19.2 Å². The Morgan fingerprint density at radius 1 is 1.14 bits per heavy atom. The van der Waals surface area contributed by atoms with E-state index in [9.17, 15) is 24.6 Å². The van der Waals surface area contributed by atoms with Gasteiger partial charge in [0.2, 0.25) is 5.28 Å². The molecule has 8 atom stereocenters. The number of nitrogens with zero attached hydrogens (tertiary/aromatic N) is 4. The third-order valence-corrected chi connectivity index (χ3v) is 9.73. The summed E-state index contributed by atoms with van der Waals surface area (Å²) in [6, 6.07) is 0. The van der Waals surface area contributed by atoms with Crippen LogP contribution in [-0.4, -0.2) is 69.5 Å². The predicted molar refractivity (Wildman–Crippen MR) is 132 cm³/mol.